The minimum absolute atomic E-state index is 0.579. The number of aromatic amines is 1. The predicted molar refractivity (Wildman–Crippen MR) is 67.7 cm³/mol. The Balaban J connectivity index is 1.91. The van der Waals surface area contributed by atoms with E-state index in [1.807, 2.05) is 24.5 Å². The molecule has 0 unspecified atom stereocenters. The van der Waals surface area contributed by atoms with Crippen molar-refractivity contribution in [3.05, 3.63) is 36.4 Å². The first-order valence-electron chi connectivity index (χ1n) is 5.50. The summed E-state index contributed by atoms with van der Waals surface area (Å²) >= 11 is 0. The van der Waals surface area contributed by atoms with E-state index in [1.54, 1.807) is 0 Å². The maximum Gasteiger partial charge on any atom is 0.131 e. The minimum atomic E-state index is 0.579. The molecule has 0 radical (unpaired) electrons. The second-order valence-corrected chi connectivity index (χ2v) is 3.58. The summed E-state index contributed by atoms with van der Waals surface area (Å²) in [6.07, 6.45) is 5.37. The lowest BCUT2D eigenvalue weighted by molar-refractivity contribution is 1.00. The zero-order chi connectivity index (χ0) is 11.9. The molecule has 0 saturated heterocycles. The van der Waals surface area contributed by atoms with Crippen LogP contribution in [0.2, 0.25) is 0 Å². The van der Waals surface area contributed by atoms with E-state index in [0.717, 1.165) is 18.2 Å². The summed E-state index contributed by atoms with van der Waals surface area (Å²) in [5.41, 5.74) is 6.59. The Kier molecular flexibility index (Phi) is 3.93. The van der Waals surface area contributed by atoms with Crippen LogP contribution in [-0.4, -0.2) is 28.0 Å². The Labute approximate surface area is 99.7 Å². The van der Waals surface area contributed by atoms with Crippen molar-refractivity contribution in [3.63, 3.8) is 0 Å². The van der Waals surface area contributed by atoms with E-state index < -0.39 is 0 Å². The number of nitrogens with zero attached hydrogens (tertiary/aromatic N) is 2. The molecule has 0 aromatic carbocycles. The van der Waals surface area contributed by atoms with Crippen LogP contribution in [-0.2, 0) is 6.54 Å². The van der Waals surface area contributed by atoms with Gasteiger partial charge in [0.15, 0.2) is 0 Å². The molecule has 0 saturated carbocycles. The van der Waals surface area contributed by atoms with Crippen LogP contribution in [0.25, 0.3) is 0 Å². The number of hydrogen-bond acceptors (Lipinski definition) is 5. The van der Waals surface area contributed by atoms with Crippen molar-refractivity contribution in [2.24, 2.45) is 5.73 Å². The molecule has 0 spiro atoms. The topological polar surface area (TPSA) is 91.7 Å². The largest absolute Gasteiger partial charge is 0.369 e. The SMILES string of the molecule is NCCNc1cc(NCc2cc[nH]c2)ncn1. The lowest BCUT2D eigenvalue weighted by Crippen LogP contribution is -2.14. The van der Waals surface area contributed by atoms with Crippen molar-refractivity contribution < 1.29 is 0 Å². The van der Waals surface area contributed by atoms with Crippen LogP contribution in [0.1, 0.15) is 5.56 Å². The van der Waals surface area contributed by atoms with Gasteiger partial charge in [0.25, 0.3) is 0 Å². The van der Waals surface area contributed by atoms with Crippen molar-refractivity contribution in [3.8, 4) is 0 Å². The second-order valence-electron chi connectivity index (χ2n) is 3.58. The number of anilines is 2. The second kappa shape index (κ2) is 5.86. The van der Waals surface area contributed by atoms with Gasteiger partial charge >= 0.3 is 0 Å². The Bertz CT molecular complexity index is 439. The van der Waals surface area contributed by atoms with Gasteiger partial charge in [-0.1, -0.05) is 0 Å². The van der Waals surface area contributed by atoms with E-state index in [1.165, 1.54) is 11.9 Å². The van der Waals surface area contributed by atoms with Gasteiger partial charge in [-0.3, -0.25) is 0 Å². The van der Waals surface area contributed by atoms with E-state index in [4.69, 9.17) is 5.73 Å². The summed E-state index contributed by atoms with van der Waals surface area (Å²) in [5, 5.41) is 6.33. The molecule has 2 heterocycles. The molecule has 0 aliphatic carbocycles. The highest BCUT2D eigenvalue weighted by Gasteiger charge is 1.98. The number of rotatable bonds is 6. The smallest absolute Gasteiger partial charge is 0.131 e. The molecule has 5 N–H and O–H groups in total. The molecule has 6 heteroatoms. The zero-order valence-electron chi connectivity index (χ0n) is 9.48. The molecular formula is C11H16N6. The summed E-state index contributed by atoms with van der Waals surface area (Å²) < 4.78 is 0. The van der Waals surface area contributed by atoms with Gasteiger partial charge < -0.3 is 21.4 Å². The maximum atomic E-state index is 5.41. The Hall–Kier alpha value is -2.08. The van der Waals surface area contributed by atoms with E-state index in [0.29, 0.717) is 13.1 Å². The number of aromatic nitrogens is 3. The van der Waals surface area contributed by atoms with Gasteiger partial charge in [-0.15, -0.1) is 0 Å². The van der Waals surface area contributed by atoms with E-state index in [9.17, 15) is 0 Å². The normalized spacial score (nSPS) is 10.2. The number of hydrogen-bond donors (Lipinski definition) is 4. The fourth-order valence-electron chi connectivity index (χ4n) is 1.41. The molecule has 2 rings (SSSR count). The molecule has 0 amide bonds. The monoisotopic (exact) mass is 232 g/mol. The number of nitrogens with one attached hydrogen (secondary N) is 3. The quantitative estimate of drug-likeness (QED) is 0.591. The predicted octanol–water partition coefficient (Wildman–Crippen LogP) is 0.787. The molecule has 17 heavy (non-hydrogen) atoms. The standard InChI is InChI=1S/C11H16N6/c12-2-4-14-10-5-11(17-8-16-10)15-7-9-1-3-13-6-9/h1,3,5-6,8,13H,2,4,7,12H2,(H2,14,15,16,17). The number of nitrogens with two attached hydrogens (primary N) is 1. The Morgan fingerprint density at radius 3 is 2.76 bits per heavy atom. The molecule has 0 bridgehead atoms. The Morgan fingerprint density at radius 1 is 1.24 bits per heavy atom. The van der Waals surface area contributed by atoms with Crippen LogP contribution >= 0.6 is 0 Å². The third-order valence-electron chi connectivity index (χ3n) is 2.25. The molecule has 2 aromatic heterocycles. The lowest BCUT2D eigenvalue weighted by Gasteiger charge is -2.07. The molecule has 0 atom stereocenters. The summed E-state index contributed by atoms with van der Waals surface area (Å²) in [7, 11) is 0. The average Bonchev–Trinajstić information content (AvgIpc) is 2.87. The van der Waals surface area contributed by atoms with Crippen molar-refractivity contribution in [1.82, 2.24) is 15.0 Å². The molecule has 2 aromatic rings. The van der Waals surface area contributed by atoms with Gasteiger partial charge in [0.05, 0.1) is 0 Å². The van der Waals surface area contributed by atoms with Crippen LogP contribution in [0.15, 0.2) is 30.9 Å². The average molecular weight is 232 g/mol. The zero-order valence-corrected chi connectivity index (χ0v) is 9.48. The maximum absolute atomic E-state index is 5.41. The fourth-order valence-corrected chi connectivity index (χ4v) is 1.41. The summed E-state index contributed by atoms with van der Waals surface area (Å²) in [4.78, 5) is 11.2. The first kappa shape index (κ1) is 11.4. The van der Waals surface area contributed by atoms with E-state index >= 15 is 0 Å². The van der Waals surface area contributed by atoms with Crippen LogP contribution in [0.4, 0.5) is 11.6 Å². The third-order valence-corrected chi connectivity index (χ3v) is 2.25. The highest BCUT2D eigenvalue weighted by atomic mass is 15.1. The van der Waals surface area contributed by atoms with Gasteiger partial charge in [-0.2, -0.15) is 0 Å². The van der Waals surface area contributed by atoms with Crippen LogP contribution < -0.4 is 16.4 Å². The molecule has 6 nitrogen and oxygen atoms in total. The van der Waals surface area contributed by atoms with Crippen molar-refractivity contribution in [2.45, 2.75) is 6.54 Å². The summed E-state index contributed by atoms with van der Waals surface area (Å²) in [6, 6.07) is 3.88. The van der Waals surface area contributed by atoms with E-state index in [2.05, 4.69) is 25.6 Å². The first-order chi connectivity index (χ1) is 8.38. The first-order valence-corrected chi connectivity index (χ1v) is 5.50. The van der Waals surface area contributed by atoms with Crippen LogP contribution in [0.3, 0.4) is 0 Å². The molecule has 0 fully saturated rings. The summed E-state index contributed by atoms with van der Waals surface area (Å²) in [6.45, 7) is 2.02. The molecular weight excluding hydrogens is 216 g/mol. The third kappa shape index (κ3) is 3.46. The highest BCUT2D eigenvalue weighted by Crippen LogP contribution is 2.09. The van der Waals surface area contributed by atoms with Crippen molar-refractivity contribution in [2.75, 3.05) is 23.7 Å². The van der Waals surface area contributed by atoms with Gasteiger partial charge in [0.2, 0.25) is 0 Å². The molecule has 0 aliphatic rings. The minimum Gasteiger partial charge on any atom is -0.369 e. The fraction of sp³-hybridized carbons (Fsp3) is 0.273. The molecule has 0 aliphatic heterocycles. The van der Waals surface area contributed by atoms with Gasteiger partial charge in [0, 0.05) is 38.1 Å². The lowest BCUT2D eigenvalue weighted by atomic mass is 10.3. The highest BCUT2D eigenvalue weighted by molar-refractivity contribution is 5.46. The number of H-pyrrole nitrogens is 1. The van der Waals surface area contributed by atoms with Crippen LogP contribution in [0, 0.1) is 0 Å². The van der Waals surface area contributed by atoms with Gasteiger partial charge in [0.1, 0.15) is 18.0 Å². The van der Waals surface area contributed by atoms with Crippen molar-refractivity contribution in [1.29, 1.82) is 0 Å². The molecule has 90 valence electrons. The van der Waals surface area contributed by atoms with Gasteiger partial charge in [-0.05, 0) is 11.6 Å². The Morgan fingerprint density at radius 2 is 2.06 bits per heavy atom. The van der Waals surface area contributed by atoms with E-state index in [-0.39, 0.29) is 0 Å². The summed E-state index contributed by atoms with van der Waals surface area (Å²) in [5.74, 6) is 1.57. The van der Waals surface area contributed by atoms with Gasteiger partial charge in [-0.25, -0.2) is 9.97 Å². The van der Waals surface area contributed by atoms with Crippen LogP contribution in [0.5, 0.6) is 0 Å². The van der Waals surface area contributed by atoms with Crippen molar-refractivity contribution >= 4 is 11.6 Å².